The number of hydrogen-bond donors (Lipinski definition) is 1. The highest BCUT2D eigenvalue weighted by Gasteiger charge is 2.41. The van der Waals surface area contributed by atoms with Gasteiger partial charge < -0.3 is 19.5 Å². The van der Waals surface area contributed by atoms with Gasteiger partial charge in [-0.1, -0.05) is 27.7 Å². The normalized spacial score (nSPS) is 21.6. The summed E-state index contributed by atoms with van der Waals surface area (Å²) >= 11 is 0. The fourth-order valence-electron chi connectivity index (χ4n) is 3.32. The van der Waals surface area contributed by atoms with Crippen molar-refractivity contribution in [2.75, 3.05) is 13.3 Å². The highest BCUT2D eigenvalue weighted by molar-refractivity contribution is 5.59. The molecule has 22 heavy (non-hydrogen) atoms. The van der Waals surface area contributed by atoms with Crippen molar-refractivity contribution in [3.63, 3.8) is 0 Å². The largest absolute Gasteiger partial charge is 0.483 e. The molecule has 0 amide bonds. The number of nitrogens with one attached hydrogen (secondary N) is 1. The molecule has 0 aliphatic carbocycles. The van der Waals surface area contributed by atoms with E-state index < -0.39 is 0 Å². The smallest absolute Gasteiger partial charge is 0.231 e. The average molecular weight is 305 g/mol. The van der Waals surface area contributed by atoms with E-state index in [0.29, 0.717) is 12.0 Å². The number of fused-ring (bicyclic) bond motifs is 3. The van der Waals surface area contributed by atoms with Gasteiger partial charge in [0.2, 0.25) is 12.5 Å². The fraction of sp³-hybridized carbons (Fsp3) is 0.667. The van der Waals surface area contributed by atoms with E-state index in [-0.39, 0.29) is 12.4 Å². The number of ether oxygens (including phenoxy) is 3. The molecule has 4 nitrogen and oxygen atoms in total. The van der Waals surface area contributed by atoms with E-state index in [1.165, 1.54) is 5.56 Å². The molecule has 0 spiro atoms. The van der Waals surface area contributed by atoms with Gasteiger partial charge in [0, 0.05) is 18.0 Å². The molecule has 0 saturated heterocycles. The summed E-state index contributed by atoms with van der Waals surface area (Å²) in [5, 5.41) is 3.72. The van der Waals surface area contributed by atoms with Crippen LogP contribution in [-0.4, -0.2) is 18.9 Å². The maximum Gasteiger partial charge on any atom is 0.231 e. The summed E-state index contributed by atoms with van der Waals surface area (Å²) in [4.78, 5) is 0. The topological polar surface area (TPSA) is 39.7 Å². The predicted molar refractivity (Wildman–Crippen MR) is 86.7 cm³/mol. The Bertz CT molecular complexity index is 537. The summed E-state index contributed by atoms with van der Waals surface area (Å²) in [7, 11) is 0. The van der Waals surface area contributed by atoms with Crippen LogP contribution in [0.5, 0.6) is 17.2 Å². The second kappa shape index (κ2) is 5.99. The Kier molecular flexibility index (Phi) is 4.22. The molecule has 1 N–H and O–H groups in total. The van der Waals surface area contributed by atoms with Crippen molar-refractivity contribution in [1.82, 2.24) is 5.32 Å². The Morgan fingerprint density at radius 3 is 2.64 bits per heavy atom. The van der Waals surface area contributed by atoms with Crippen molar-refractivity contribution < 1.29 is 14.2 Å². The van der Waals surface area contributed by atoms with Gasteiger partial charge in [0.25, 0.3) is 0 Å². The SMILES string of the molecule is CCC1(CC)CC(NCC(C)C)c2ccc3c(c2O1)OCO3. The van der Waals surface area contributed by atoms with Gasteiger partial charge in [-0.15, -0.1) is 0 Å². The molecule has 0 aromatic heterocycles. The Hall–Kier alpha value is -1.42. The molecule has 4 heteroatoms. The number of benzene rings is 1. The molecular formula is C18H27NO3. The lowest BCUT2D eigenvalue weighted by Crippen LogP contribution is -2.44. The van der Waals surface area contributed by atoms with Crippen molar-refractivity contribution in [1.29, 1.82) is 0 Å². The van der Waals surface area contributed by atoms with Crippen molar-refractivity contribution in [2.24, 2.45) is 5.92 Å². The van der Waals surface area contributed by atoms with Gasteiger partial charge >= 0.3 is 0 Å². The molecule has 1 aromatic rings. The van der Waals surface area contributed by atoms with Crippen LogP contribution in [0.15, 0.2) is 12.1 Å². The van der Waals surface area contributed by atoms with Gasteiger partial charge in [-0.3, -0.25) is 0 Å². The van der Waals surface area contributed by atoms with E-state index >= 15 is 0 Å². The van der Waals surface area contributed by atoms with E-state index in [2.05, 4.69) is 39.1 Å². The molecule has 0 bridgehead atoms. The van der Waals surface area contributed by atoms with Crippen LogP contribution in [0.4, 0.5) is 0 Å². The highest BCUT2D eigenvalue weighted by atomic mass is 16.7. The lowest BCUT2D eigenvalue weighted by molar-refractivity contribution is 0.0192. The lowest BCUT2D eigenvalue weighted by Gasteiger charge is -2.42. The highest BCUT2D eigenvalue weighted by Crippen LogP contribution is 2.52. The first kappa shape index (κ1) is 15.5. The third-order valence-corrected chi connectivity index (χ3v) is 4.86. The second-order valence-corrected chi connectivity index (χ2v) is 6.77. The van der Waals surface area contributed by atoms with E-state index in [1.54, 1.807) is 0 Å². The summed E-state index contributed by atoms with van der Waals surface area (Å²) in [6.45, 7) is 10.2. The van der Waals surface area contributed by atoms with Crippen LogP contribution < -0.4 is 19.5 Å². The van der Waals surface area contributed by atoms with Crippen LogP contribution >= 0.6 is 0 Å². The summed E-state index contributed by atoms with van der Waals surface area (Å²) in [6.07, 6.45) is 2.99. The van der Waals surface area contributed by atoms with Crippen LogP contribution in [0.25, 0.3) is 0 Å². The first-order chi connectivity index (χ1) is 10.6. The molecule has 0 fully saturated rings. The maximum atomic E-state index is 6.45. The van der Waals surface area contributed by atoms with Gasteiger partial charge in [-0.2, -0.15) is 0 Å². The average Bonchev–Trinajstić information content (AvgIpc) is 3.01. The minimum absolute atomic E-state index is 0.122. The van der Waals surface area contributed by atoms with E-state index in [0.717, 1.165) is 43.1 Å². The minimum atomic E-state index is -0.122. The molecule has 3 rings (SSSR count). The Balaban J connectivity index is 1.98. The number of rotatable bonds is 5. The van der Waals surface area contributed by atoms with Crippen molar-refractivity contribution in [3.05, 3.63) is 17.7 Å². The van der Waals surface area contributed by atoms with E-state index in [9.17, 15) is 0 Å². The maximum absolute atomic E-state index is 6.45. The Morgan fingerprint density at radius 1 is 1.18 bits per heavy atom. The van der Waals surface area contributed by atoms with Crippen LogP contribution in [0.1, 0.15) is 58.6 Å². The number of hydrogen-bond acceptors (Lipinski definition) is 4. The lowest BCUT2D eigenvalue weighted by atomic mass is 9.83. The summed E-state index contributed by atoms with van der Waals surface area (Å²) in [5.41, 5.74) is 1.07. The molecule has 2 aliphatic heterocycles. The molecule has 122 valence electrons. The van der Waals surface area contributed by atoms with Crippen LogP contribution in [0.2, 0.25) is 0 Å². The van der Waals surface area contributed by atoms with Gasteiger partial charge in [0.15, 0.2) is 11.5 Å². The van der Waals surface area contributed by atoms with Gasteiger partial charge in [-0.05, 0) is 37.4 Å². The zero-order valence-corrected chi connectivity index (χ0v) is 14.1. The third kappa shape index (κ3) is 2.65. The second-order valence-electron chi connectivity index (χ2n) is 6.77. The monoisotopic (exact) mass is 305 g/mol. The standard InChI is InChI=1S/C18H27NO3/c1-5-18(6-2)9-14(19-10-12(3)4)13-7-8-15-17(16(13)22-18)21-11-20-15/h7-8,12,14,19H,5-6,9-11H2,1-4H3. The molecule has 0 saturated carbocycles. The van der Waals surface area contributed by atoms with Crippen LogP contribution in [0.3, 0.4) is 0 Å². The zero-order chi connectivity index (χ0) is 15.7. The van der Waals surface area contributed by atoms with Crippen molar-refractivity contribution in [3.8, 4) is 17.2 Å². The van der Waals surface area contributed by atoms with Crippen LogP contribution in [-0.2, 0) is 0 Å². The van der Waals surface area contributed by atoms with Crippen molar-refractivity contribution in [2.45, 2.75) is 58.6 Å². The first-order valence-corrected chi connectivity index (χ1v) is 8.43. The molecule has 2 heterocycles. The quantitative estimate of drug-likeness (QED) is 0.891. The molecule has 0 radical (unpaired) electrons. The third-order valence-electron chi connectivity index (χ3n) is 4.86. The molecular weight excluding hydrogens is 278 g/mol. The fourth-order valence-corrected chi connectivity index (χ4v) is 3.32. The van der Waals surface area contributed by atoms with Crippen LogP contribution in [0, 0.1) is 5.92 Å². The minimum Gasteiger partial charge on any atom is -0.483 e. The Labute approximate surface area is 133 Å². The van der Waals surface area contributed by atoms with Gasteiger partial charge in [0.1, 0.15) is 5.60 Å². The molecule has 1 atom stereocenters. The summed E-state index contributed by atoms with van der Waals surface area (Å²) in [5.74, 6) is 3.08. The van der Waals surface area contributed by atoms with Gasteiger partial charge in [-0.25, -0.2) is 0 Å². The molecule has 2 aliphatic rings. The predicted octanol–water partition coefficient (Wildman–Crippen LogP) is 4.04. The molecule has 1 aromatic carbocycles. The summed E-state index contributed by atoms with van der Waals surface area (Å²) < 4.78 is 17.6. The summed E-state index contributed by atoms with van der Waals surface area (Å²) in [6, 6.07) is 4.43. The zero-order valence-electron chi connectivity index (χ0n) is 14.1. The Morgan fingerprint density at radius 2 is 1.95 bits per heavy atom. The van der Waals surface area contributed by atoms with E-state index in [4.69, 9.17) is 14.2 Å². The van der Waals surface area contributed by atoms with Crippen molar-refractivity contribution >= 4 is 0 Å². The van der Waals surface area contributed by atoms with E-state index in [1.807, 2.05) is 6.07 Å². The first-order valence-electron chi connectivity index (χ1n) is 8.43. The van der Waals surface area contributed by atoms with Gasteiger partial charge in [0.05, 0.1) is 0 Å². The molecule has 1 unspecified atom stereocenters.